The number of para-hydroxylation sites is 2. The van der Waals surface area contributed by atoms with Crippen LogP contribution in [-0.2, 0) is 4.75 Å². The summed E-state index contributed by atoms with van der Waals surface area (Å²) in [5.41, 5.74) is 9.62. The summed E-state index contributed by atoms with van der Waals surface area (Å²) < 4.78 is 2.14. The Morgan fingerprint density at radius 2 is 1.02 bits per heavy atom. The number of hydrogen-bond donors (Lipinski definition) is 0. The van der Waals surface area contributed by atoms with Gasteiger partial charge in [-0.3, -0.25) is 4.57 Å². The Bertz CT molecular complexity index is 2120. The summed E-state index contributed by atoms with van der Waals surface area (Å²) in [5, 5.41) is 0.996. The van der Waals surface area contributed by atoms with E-state index in [1.165, 1.54) is 11.1 Å². The fourth-order valence-electron chi connectivity index (χ4n) is 5.75. The summed E-state index contributed by atoms with van der Waals surface area (Å²) >= 11 is 1.79. The highest BCUT2D eigenvalue weighted by Gasteiger charge is 2.34. The van der Waals surface area contributed by atoms with Gasteiger partial charge in [-0.2, -0.15) is 0 Å². The van der Waals surface area contributed by atoms with E-state index in [9.17, 15) is 0 Å². The first kappa shape index (κ1) is 25.6. The van der Waals surface area contributed by atoms with Crippen molar-refractivity contribution in [2.75, 3.05) is 0 Å². The van der Waals surface area contributed by atoms with Crippen molar-refractivity contribution in [3.05, 3.63) is 133 Å². The molecule has 8 rings (SSSR count). The van der Waals surface area contributed by atoms with Crippen LogP contribution in [0.25, 0.3) is 62.0 Å². The van der Waals surface area contributed by atoms with E-state index in [-0.39, 0.29) is 4.75 Å². The van der Waals surface area contributed by atoms with Crippen LogP contribution >= 0.6 is 11.8 Å². The van der Waals surface area contributed by atoms with Gasteiger partial charge in [-0.15, -0.1) is 0 Å². The summed E-state index contributed by atoms with van der Waals surface area (Å²) in [4.78, 5) is 20.0. The molecule has 43 heavy (non-hydrogen) atoms. The van der Waals surface area contributed by atoms with Crippen LogP contribution in [-0.4, -0.2) is 24.5 Å². The number of nitrogens with zero attached hydrogens (tertiary/aromatic N) is 5. The van der Waals surface area contributed by atoms with Gasteiger partial charge >= 0.3 is 0 Å². The minimum atomic E-state index is -0.134. The molecule has 0 radical (unpaired) electrons. The fourth-order valence-corrected chi connectivity index (χ4v) is 6.92. The Hall–Kier alpha value is -5.07. The topological polar surface area (TPSA) is 56.5 Å². The van der Waals surface area contributed by atoms with Gasteiger partial charge in [0.25, 0.3) is 0 Å². The lowest BCUT2D eigenvalue weighted by molar-refractivity contribution is 0.729. The molecule has 2 aromatic heterocycles. The van der Waals surface area contributed by atoms with Crippen LogP contribution in [0, 0.1) is 0 Å². The second kappa shape index (κ2) is 10.0. The zero-order valence-corrected chi connectivity index (χ0v) is 24.6. The molecule has 5 nitrogen and oxygen atoms in total. The van der Waals surface area contributed by atoms with E-state index in [1.807, 2.05) is 42.5 Å². The highest BCUT2D eigenvalue weighted by Crippen LogP contribution is 2.49. The van der Waals surface area contributed by atoms with Crippen LogP contribution in [0.1, 0.15) is 19.4 Å². The average molecular weight is 574 g/mol. The molecule has 1 aliphatic heterocycles. The Morgan fingerprint density at radius 3 is 1.72 bits per heavy atom. The molecule has 0 unspecified atom stereocenters. The maximum Gasteiger partial charge on any atom is 0.174 e. The lowest BCUT2D eigenvalue weighted by atomic mass is 9.97. The van der Waals surface area contributed by atoms with Crippen LogP contribution in [0.5, 0.6) is 0 Å². The largest absolute Gasteiger partial charge is 0.287 e. The number of hydrogen-bond acceptors (Lipinski definition) is 5. The molecule has 0 bridgehead atoms. The molecule has 5 aromatic carbocycles. The molecule has 0 amide bonds. The van der Waals surface area contributed by atoms with Crippen molar-refractivity contribution < 1.29 is 0 Å². The van der Waals surface area contributed by atoms with Gasteiger partial charge in [-0.1, -0.05) is 121 Å². The average Bonchev–Trinajstić information content (AvgIpc) is 3.43. The maximum absolute atomic E-state index is 5.04. The van der Waals surface area contributed by atoms with Gasteiger partial charge in [0.05, 0.1) is 16.7 Å². The van der Waals surface area contributed by atoms with Crippen molar-refractivity contribution in [3.8, 4) is 51.0 Å². The van der Waals surface area contributed by atoms with Crippen molar-refractivity contribution >= 4 is 22.8 Å². The minimum absolute atomic E-state index is 0.134. The molecule has 0 atom stereocenters. The van der Waals surface area contributed by atoms with Crippen LogP contribution in [0.15, 0.2) is 133 Å². The zero-order valence-electron chi connectivity index (χ0n) is 23.8. The highest BCUT2D eigenvalue weighted by atomic mass is 32.2. The molecule has 7 aromatic rings. The van der Waals surface area contributed by atoms with Crippen molar-refractivity contribution in [1.82, 2.24) is 24.5 Å². The summed E-state index contributed by atoms with van der Waals surface area (Å²) in [5.74, 6) is 1.93. The third kappa shape index (κ3) is 4.51. The predicted octanol–water partition coefficient (Wildman–Crippen LogP) is 9.22. The van der Waals surface area contributed by atoms with Gasteiger partial charge in [-0.05, 0) is 48.7 Å². The third-order valence-electron chi connectivity index (χ3n) is 7.94. The summed E-state index contributed by atoms with van der Waals surface area (Å²) in [6.07, 6.45) is 0. The molecule has 3 heterocycles. The zero-order chi connectivity index (χ0) is 29.0. The molecule has 0 saturated carbocycles. The van der Waals surface area contributed by atoms with E-state index in [4.69, 9.17) is 19.9 Å². The molecule has 1 aliphatic rings. The van der Waals surface area contributed by atoms with Crippen LogP contribution in [0.3, 0.4) is 0 Å². The molecular formula is C37H27N5S. The second-order valence-corrected chi connectivity index (χ2v) is 12.8. The lowest BCUT2D eigenvalue weighted by Gasteiger charge is -2.32. The molecule has 0 N–H and O–H groups in total. The van der Waals surface area contributed by atoms with Crippen molar-refractivity contribution in [2.45, 2.75) is 23.8 Å². The second-order valence-electron chi connectivity index (χ2n) is 11.2. The highest BCUT2D eigenvalue weighted by molar-refractivity contribution is 8.00. The van der Waals surface area contributed by atoms with E-state index in [0.717, 1.165) is 44.1 Å². The van der Waals surface area contributed by atoms with Gasteiger partial charge < -0.3 is 0 Å². The van der Waals surface area contributed by atoms with E-state index < -0.39 is 0 Å². The van der Waals surface area contributed by atoms with Crippen LogP contribution < -0.4 is 0 Å². The first-order valence-electron chi connectivity index (χ1n) is 14.3. The number of rotatable bonds is 4. The number of fused-ring (bicyclic) bond motifs is 5. The standard InChI is InChI=1S/C37H27N5S/c1-37(2)29-22-21-28(23-32(29)42-31-16-10-9-15-30(31)38-36(42)43-37)35-40-33(26-13-7-4-8-14-26)39-34(41-35)27-19-17-25(18-20-27)24-11-5-3-6-12-24/h3-23H,1-2H3. The Balaban J connectivity index is 1.29. The quantitative estimate of drug-likeness (QED) is 0.210. The minimum Gasteiger partial charge on any atom is -0.287 e. The predicted molar refractivity (Wildman–Crippen MR) is 175 cm³/mol. The van der Waals surface area contributed by atoms with Crippen molar-refractivity contribution in [1.29, 1.82) is 0 Å². The van der Waals surface area contributed by atoms with Gasteiger partial charge in [0, 0.05) is 21.4 Å². The van der Waals surface area contributed by atoms with E-state index in [1.54, 1.807) is 11.8 Å². The van der Waals surface area contributed by atoms with Gasteiger partial charge in [0.1, 0.15) is 0 Å². The summed E-state index contributed by atoms with van der Waals surface area (Å²) in [6.45, 7) is 4.51. The van der Waals surface area contributed by atoms with Gasteiger partial charge in [0.2, 0.25) is 0 Å². The van der Waals surface area contributed by atoms with Crippen molar-refractivity contribution in [3.63, 3.8) is 0 Å². The third-order valence-corrected chi connectivity index (χ3v) is 9.13. The smallest absolute Gasteiger partial charge is 0.174 e. The molecule has 206 valence electrons. The number of benzene rings is 5. The Morgan fingerprint density at radius 1 is 0.512 bits per heavy atom. The molecule has 0 saturated heterocycles. The summed E-state index contributed by atoms with van der Waals surface area (Å²) in [7, 11) is 0. The molecule has 0 spiro atoms. The van der Waals surface area contributed by atoms with Crippen LogP contribution in [0.4, 0.5) is 0 Å². The van der Waals surface area contributed by atoms with Crippen molar-refractivity contribution in [2.24, 2.45) is 0 Å². The van der Waals surface area contributed by atoms with Crippen LogP contribution in [0.2, 0.25) is 0 Å². The summed E-state index contributed by atoms with van der Waals surface area (Å²) in [6, 6.07) is 43.8. The maximum atomic E-state index is 5.04. The molecule has 0 aliphatic carbocycles. The number of imidazole rings is 1. The normalized spacial score (nSPS) is 13.4. The monoisotopic (exact) mass is 573 g/mol. The SMILES string of the molecule is CC1(C)Sc2nc3ccccc3n2-c2cc(-c3nc(-c4ccccc4)nc(-c4ccc(-c5ccccc5)cc4)n3)ccc21. The van der Waals surface area contributed by atoms with E-state index >= 15 is 0 Å². The first-order valence-corrected chi connectivity index (χ1v) is 15.1. The molecule has 0 fully saturated rings. The fraction of sp³-hybridized carbons (Fsp3) is 0.0811. The lowest BCUT2D eigenvalue weighted by Crippen LogP contribution is -2.21. The number of thioether (sulfide) groups is 1. The Kier molecular flexibility index (Phi) is 5.98. The van der Waals surface area contributed by atoms with Gasteiger partial charge in [-0.25, -0.2) is 19.9 Å². The van der Waals surface area contributed by atoms with E-state index in [2.05, 4.69) is 103 Å². The Labute approximate surface area is 254 Å². The first-order chi connectivity index (χ1) is 21.0. The van der Waals surface area contributed by atoms with E-state index in [0.29, 0.717) is 17.5 Å². The molecular weight excluding hydrogens is 547 g/mol. The number of aromatic nitrogens is 5. The van der Waals surface area contributed by atoms with Gasteiger partial charge in [0.15, 0.2) is 22.6 Å². The molecule has 6 heteroatoms.